The van der Waals surface area contributed by atoms with Crippen LogP contribution in [-0.2, 0) is 20.9 Å². The van der Waals surface area contributed by atoms with Gasteiger partial charge in [0.2, 0.25) is 5.91 Å². The Morgan fingerprint density at radius 2 is 1.85 bits per heavy atom. The van der Waals surface area contributed by atoms with E-state index >= 15 is 0 Å². The third kappa shape index (κ3) is 4.15. The number of carbonyl (C=O) groups excluding carboxylic acids is 3. The number of ether oxygens (including phenoxy) is 1. The molecule has 1 aromatic rings. The fourth-order valence-electron chi connectivity index (χ4n) is 3.18. The molecule has 7 heteroatoms. The van der Waals surface area contributed by atoms with E-state index in [2.05, 4.69) is 0 Å². The first-order valence-electron chi connectivity index (χ1n) is 8.88. The molecule has 7 nitrogen and oxygen atoms in total. The Kier molecular flexibility index (Phi) is 6.60. The van der Waals surface area contributed by atoms with Crippen molar-refractivity contribution in [3.05, 3.63) is 35.9 Å². The number of methoxy groups -OCH3 is 1. The van der Waals surface area contributed by atoms with Gasteiger partial charge in [0, 0.05) is 13.5 Å². The highest BCUT2D eigenvalue weighted by Crippen LogP contribution is 2.23. The Morgan fingerprint density at radius 1 is 1.19 bits per heavy atom. The summed E-state index contributed by atoms with van der Waals surface area (Å²) in [5.74, 6) is -0.676. The van der Waals surface area contributed by atoms with E-state index in [9.17, 15) is 14.4 Å². The summed E-state index contributed by atoms with van der Waals surface area (Å²) >= 11 is 0. The molecule has 0 aliphatic carbocycles. The third-order valence-electron chi connectivity index (χ3n) is 4.81. The zero-order valence-electron chi connectivity index (χ0n) is 15.8. The van der Waals surface area contributed by atoms with Crippen molar-refractivity contribution in [3.8, 4) is 0 Å². The molecule has 0 unspecified atom stereocenters. The fraction of sp³-hybridized carbons (Fsp3) is 0.526. The van der Waals surface area contributed by atoms with Crippen molar-refractivity contribution in [2.75, 3.05) is 20.2 Å². The van der Waals surface area contributed by atoms with E-state index in [0.717, 1.165) is 12.0 Å². The number of hydrazine groups is 1. The SMILES string of the molecule is CC[C@@H](C)[C@@H](C(=O)OC)N1CCN(C(C)=O)N(Cc2ccccc2)C1=O. The van der Waals surface area contributed by atoms with Crippen molar-refractivity contribution in [2.45, 2.75) is 39.8 Å². The molecule has 0 saturated carbocycles. The molecule has 1 fully saturated rings. The van der Waals surface area contributed by atoms with Crippen LogP contribution in [0.25, 0.3) is 0 Å². The number of urea groups is 1. The van der Waals surface area contributed by atoms with E-state index < -0.39 is 12.0 Å². The van der Waals surface area contributed by atoms with Crippen LogP contribution in [0.2, 0.25) is 0 Å². The second kappa shape index (κ2) is 8.69. The van der Waals surface area contributed by atoms with E-state index in [4.69, 9.17) is 4.74 Å². The van der Waals surface area contributed by atoms with Gasteiger partial charge in [0.25, 0.3) is 0 Å². The van der Waals surface area contributed by atoms with Crippen LogP contribution in [0.15, 0.2) is 30.3 Å². The molecule has 0 spiro atoms. The molecule has 1 saturated heterocycles. The van der Waals surface area contributed by atoms with Crippen LogP contribution >= 0.6 is 0 Å². The molecule has 3 amide bonds. The molecule has 2 atom stereocenters. The summed E-state index contributed by atoms with van der Waals surface area (Å²) in [5.41, 5.74) is 0.909. The van der Waals surface area contributed by atoms with Gasteiger partial charge in [0.15, 0.2) is 0 Å². The minimum absolute atomic E-state index is 0.0474. The highest BCUT2D eigenvalue weighted by molar-refractivity contribution is 5.86. The smallest absolute Gasteiger partial charge is 0.340 e. The monoisotopic (exact) mass is 361 g/mol. The van der Waals surface area contributed by atoms with E-state index in [0.29, 0.717) is 13.1 Å². The molecule has 0 bridgehead atoms. The number of nitrogens with zero attached hydrogens (tertiary/aromatic N) is 3. The number of hydrogen-bond acceptors (Lipinski definition) is 4. The molecular formula is C19H27N3O4. The van der Waals surface area contributed by atoms with Crippen LogP contribution in [0.5, 0.6) is 0 Å². The summed E-state index contributed by atoms with van der Waals surface area (Å²) in [6.07, 6.45) is 0.735. The number of rotatable bonds is 6. The molecule has 1 aromatic carbocycles. The van der Waals surface area contributed by atoms with Gasteiger partial charge in [-0.05, 0) is 11.5 Å². The Labute approximate surface area is 154 Å². The number of carbonyl (C=O) groups is 3. The maximum atomic E-state index is 13.2. The zero-order valence-corrected chi connectivity index (χ0v) is 15.8. The average molecular weight is 361 g/mol. The molecule has 2 rings (SSSR count). The van der Waals surface area contributed by atoms with Crippen molar-refractivity contribution in [1.82, 2.24) is 14.9 Å². The van der Waals surface area contributed by atoms with E-state index in [-0.39, 0.29) is 24.4 Å². The first-order chi connectivity index (χ1) is 12.4. The summed E-state index contributed by atoms with van der Waals surface area (Å²) < 4.78 is 4.93. The Balaban J connectivity index is 2.32. The van der Waals surface area contributed by atoms with Crippen molar-refractivity contribution in [3.63, 3.8) is 0 Å². The van der Waals surface area contributed by atoms with Crippen LogP contribution in [0.1, 0.15) is 32.8 Å². The Morgan fingerprint density at radius 3 is 2.38 bits per heavy atom. The normalized spacial score (nSPS) is 17.1. The van der Waals surface area contributed by atoms with Gasteiger partial charge in [-0.1, -0.05) is 50.6 Å². The van der Waals surface area contributed by atoms with E-state index in [1.165, 1.54) is 29.0 Å². The maximum absolute atomic E-state index is 13.2. The molecular weight excluding hydrogens is 334 g/mol. The van der Waals surface area contributed by atoms with Crippen LogP contribution < -0.4 is 0 Å². The quantitative estimate of drug-likeness (QED) is 0.729. The van der Waals surface area contributed by atoms with E-state index in [1.54, 1.807) is 0 Å². The highest BCUT2D eigenvalue weighted by atomic mass is 16.5. The average Bonchev–Trinajstić information content (AvgIpc) is 2.64. The Hall–Kier alpha value is -2.57. The van der Waals surface area contributed by atoms with Gasteiger partial charge in [-0.25, -0.2) is 19.6 Å². The molecule has 1 aliphatic rings. The van der Waals surface area contributed by atoms with Crippen LogP contribution in [-0.4, -0.2) is 59.1 Å². The van der Waals surface area contributed by atoms with Crippen molar-refractivity contribution in [2.24, 2.45) is 5.92 Å². The number of esters is 1. The second-order valence-electron chi connectivity index (χ2n) is 6.51. The summed E-state index contributed by atoms with van der Waals surface area (Å²) in [4.78, 5) is 39.1. The largest absolute Gasteiger partial charge is 0.467 e. The van der Waals surface area contributed by atoms with Gasteiger partial charge in [-0.15, -0.1) is 0 Å². The van der Waals surface area contributed by atoms with Gasteiger partial charge >= 0.3 is 12.0 Å². The topological polar surface area (TPSA) is 70.2 Å². The lowest BCUT2D eigenvalue weighted by Gasteiger charge is -2.46. The predicted octanol–water partition coefficient (Wildman–Crippen LogP) is 2.28. The molecule has 0 N–H and O–H groups in total. The first kappa shape index (κ1) is 19.8. The molecule has 1 aliphatic heterocycles. The number of benzene rings is 1. The molecule has 142 valence electrons. The minimum Gasteiger partial charge on any atom is -0.467 e. The van der Waals surface area contributed by atoms with Gasteiger partial charge in [-0.2, -0.15) is 0 Å². The summed E-state index contributed by atoms with van der Waals surface area (Å²) in [6, 6.07) is 8.45. The second-order valence-corrected chi connectivity index (χ2v) is 6.51. The zero-order chi connectivity index (χ0) is 19.3. The molecule has 0 radical (unpaired) electrons. The minimum atomic E-state index is -0.662. The predicted molar refractivity (Wildman–Crippen MR) is 96.7 cm³/mol. The molecule has 0 aromatic heterocycles. The van der Waals surface area contributed by atoms with Gasteiger partial charge in [0.05, 0.1) is 20.2 Å². The summed E-state index contributed by atoms with van der Waals surface area (Å²) in [7, 11) is 1.33. The highest BCUT2D eigenvalue weighted by Gasteiger charge is 2.41. The summed E-state index contributed by atoms with van der Waals surface area (Å²) in [5, 5.41) is 2.86. The summed E-state index contributed by atoms with van der Waals surface area (Å²) in [6.45, 7) is 6.25. The van der Waals surface area contributed by atoms with Gasteiger partial charge < -0.3 is 9.64 Å². The Bertz CT molecular complexity index is 649. The van der Waals surface area contributed by atoms with E-state index in [1.807, 2.05) is 44.2 Å². The van der Waals surface area contributed by atoms with Crippen molar-refractivity contribution < 1.29 is 19.1 Å². The fourth-order valence-corrected chi connectivity index (χ4v) is 3.18. The lowest BCUT2D eigenvalue weighted by Crippen LogP contribution is -2.64. The standard InChI is InChI=1S/C19H27N3O4/c1-5-14(2)17(18(24)26-4)20-11-12-21(15(3)23)22(19(20)25)13-16-9-7-6-8-10-16/h6-10,14,17H,5,11-13H2,1-4H3/t14-,17+/m1/s1. The molecule has 1 heterocycles. The number of amides is 3. The number of hydrogen-bond donors (Lipinski definition) is 0. The van der Waals surface area contributed by atoms with Crippen LogP contribution in [0, 0.1) is 5.92 Å². The van der Waals surface area contributed by atoms with Crippen LogP contribution in [0.3, 0.4) is 0 Å². The molecule has 26 heavy (non-hydrogen) atoms. The van der Waals surface area contributed by atoms with Crippen molar-refractivity contribution >= 4 is 17.9 Å². The lowest BCUT2D eigenvalue weighted by atomic mass is 9.97. The third-order valence-corrected chi connectivity index (χ3v) is 4.81. The maximum Gasteiger partial charge on any atom is 0.340 e. The van der Waals surface area contributed by atoms with Crippen LogP contribution in [0.4, 0.5) is 4.79 Å². The van der Waals surface area contributed by atoms with Gasteiger partial charge in [0.1, 0.15) is 6.04 Å². The van der Waals surface area contributed by atoms with Crippen molar-refractivity contribution in [1.29, 1.82) is 0 Å². The van der Waals surface area contributed by atoms with Gasteiger partial charge in [-0.3, -0.25) is 4.79 Å². The lowest BCUT2D eigenvalue weighted by molar-refractivity contribution is -0.155. The first-order valence-corrected chi connectivity index (χ1v) is 8.88.